The molecule has 1 aromatic heterocycles. The average Bonchev–Trinajstić information content (AvgIpc) is 2.86. The molecule has 178 valence electrons. The first-order valence-electron chi connectivity index (χ1n) is 11.7. The molecule has 1 N–H and O–H groups in total. The van der Waals surface area contributed by atoms with Crippen molar-refractivity contribution in [3.8, 4) is 11.5 Å². The Morgan fingerprint density at radius 3 is 2.62 bits per heavy atom. The molecule has 0 saturated carbocycles. The lowest BCUT2D eigenvalue weighted by atomic mass is 10.1. The SMILES string of the molecule is CCOc1ccccc1OC1CCN(CC(=O)Nc2cccc(CSc3ccccn3)c2)CC1. The number of amides is 1. The molecule has 0 unspecified atom stereocenters. The van der Waals surface area contributed by atoms with Crippen molar-refractivity contribution in [3.63, 3.8) is 0 Å². The van der Waals surface area contributed by atoms with E-state index in [0.29, 0.717) is 13.2 Å². The molecule has 2 aromatic carbocycles. The molecule has 1 aliphatic rings. The molecule has 0 bridgehead atoms. The molecule has 1 amide bonds. The molecule has 0 atom stereocenters. The topological polar surface area (TPSA) is 63.7 Å². The third-order valence-corrected chi connectivity index (χ3v) is 6.59. The van der Waals surface area contributed by atoms with Crippen LogP contribution < -0.4 is 14.8 Å². The number of nitrogens with zero attached hydrogens (tertiary/aromatic N) is 2. The number of hydrogen-bond acceptors (Lipinski definition) is 6. The summed E-state index contributed by atoms with van der Waals surface area (Å²) in [5.41, 5.74) is 1.98. The van der Waals surface area contributed by atoms with Crippen molar-refractivity contribution >= 4 is 23.4 Å². The Balaban J connectivity index is 1.22. The van der Waals surface area contributed by atoms with Crippen LogP contribution in [0.5, 0.6) is 11.5 Å². The first-order chi connectivity index (χ1) is 16.7. The lowest BCUT2D eigenvalue weighted by Crippen LogP contribution is -2.42. The lowest BCUT2D eigenvalue weighted by Gasteiger charge is -2.32. The van der Waals surface area contributed by atoms with Gasteiger partial charge in [0.05, 0.1) is 18.2 Å². The van der Waals surface area contributed by atoms with Gasteiger partial charge in [0.2, 0.25) is 5.91 Å². The van der Waals surface area contributed by atoms with Crippen molar-refractivity contribution in [2.75, 3.05) is 31.6 Å². The monoisotopic (exact) mass is 477 g/mol. The van der Waals surface area contributed by atoms with E-state index in [9.17, 15) is 4.79 Å². The van der Waals surface area contributed by atoms with Gasteiger partial charge in [-0.1, -0.05) is 30.3 Å². The number of carbonyl (C=O) groups is 1. The molecule has 7 heteroatoms. The van der Waals surface area contributed by atoms with Gasteiger partial charge in [0.1, 0.15) is 6.10 Å². The van der Waals surface area contributed by atoms with Gasteiger partial charge in [-0.2, -0.15) is 0 Å². The van der Waals surface area contributed by atoms with Crippen LogP contribution in [0, 0.1) is 0 Å². The van der Waals surface area contributed by atoms with Crippen LogP contribution >= 0.6 is 11.8 Å². The number of pyridine rings is 1. The Hall–Kier alpha value is -3.03. The molecule has 3 aromatic rings. The van der Waals surface area contributed by atoms with Crippen LogP contribution in [0.25, 0.3) is 0 Å². The van der Waals surface area contributed by atoms with Crippen molar-refractivity contribution in [1.82, 2.24) is 9.88 Å². The normalized spacial score (nSPS) is 14.5. The number of para-hydroxylation sites is 2. The van der Waals surface area contributed by atoms with Crippen molar-refractivity contribution in [2.45, 2.75) is 36.6 Å². The van der Waals surface area contributed by atoms with E-state index < -0.39 is 0 Å². The van der Waals surface area contributed by atoms with E-state index in [2.05, 4.69) is 21.3 Å². The quantitative estimate of drug-likeness (QED) is 0.402. The summed E-state index contributed by atoms with van der Waals surface area (Å²) in [7, 11) is 0. The summed E-state index contributed by atoms with van der Waals surface area (Å²) in [6.45, 7) is 4.62. The first-order valence-corrected chi connectivity index (χ1v) is 12.7. The molecular formula is C27H31N3O3S. The van der Waals surface area contributed by atoms with Gasteiger partial charge < -0.3 is 14.8 Å². The zero-order valence-corrected chi connectivity index (χ0v) is 20.3. The zero-order valence-electron chi connectivity index (χ0n) is 19.5. The number of rotatable bonds is 10. The Morgan fingerprint density at radius 2 is 1.85 bits per heavy atom. The van der Waals surface area contributed by atoms with Gasteiger partial charge in [0.15, 0.2) is 11.5 Å². The van der Waals surface area contributed by atoms with Gasteiger partial charge in [-0.3, -0.25) is 9.69 Å². The van der Waals surface area contributed by atoms with E-state index in [1.165, 1.54) is 0 Å². The minimum absolute atomic E-state index is 0.00980. The zero-order chi connectivity index (χ0) is 23.6. The second kappa shape index (κ2) is 12.4. The predicted octanol–water partition coefficient (Wildman–Crippen LogP) is 5.25. The van der Waals surface area contributed by atoms with Crippen LogP contribution in [0.4, 0.5) is 5.69 Å². The number of hydrogen-bond donors (Lipinski definition) is 1. The van der Waals surface area contributed by atoms with Gasteiger partial charge in [0.25, 0.3) is 0 Å². The number of anilines is 1. The molecule has 0 aliphatic carbocycles. The van der Waals surface area contributed by atoms with Gasteiger partial charge in [-0.15, -0.1) is 11.8 Å². The smallest absolute Gasteiger partial charge is 0.238 e. The van der Waals surface area contributed by atoms with Crippen LogP contribution in [0.1, 0.15) is 25.3 Å². The molecule has 1 fully saturated rings. The van der Waals surface area contributed by atoms with E-state index in [1.54, 1.807) is 18.0 Å². The molecule has 1 aliphatic heterocycles. The van der Waals surface area contributed by atoms with E-state index in [4.69, 9.17) is 9.47 Å². The molecule has 1 saturated heterocycles. The second-order valence-electron chi connectivity index (χ2n) is 8.18. The van der Waals surface area contributed by atoms with Gasteiger partial charge >= 0.3 is 0 Å². The van der Waals surface area contributed by atoms with Crippen molar-refractivity contribution < 1.29 is 14.3 Å². The Labute approximate surface area is 205 Å². The molecule has 0 spiro atoms. The van der Waals surface area contributed by atoms with Crippen LogP contribution in [-0.2, 0) is 10.5 Å². The van der Waals surface area contributed by atoms with Crippen molar-refractivity contribution in [3.05, 3.63) is 78.5 Å². The van der Waals surface area contributed by atoms with Crippen molar-refractivity contribution in [1.29, 1.82) is 0 Å². The third-order valence-electron chi connectivity index (χ3n) is 5.58. The summed E-state index contributed by atoms with van der Waals surface area (Å²) in [5, 5.41) is 4.04. The van der Waals surface area contributed by atoms with E-state index >= 15 is 0 Å². The highest BCUT2D eigenvalue weighted by atomic mass is 32.2. The third kappa shape index (κ3) is 7.23. The first kappa shape index (κ1) is 24.1. The Morgan fingerprint density at radius 1 is 1.06 bits per heavy atom. The van der Waals surface area contributed by atoms with Crippen molar-refractivity contribution in [2.24, 2.45) is 0 Å². The summed E-state index contributed by atoms with van der Waals surface area (Å²) in [6.07, 6.45) is 3.70. The fourth-order valence-electron chi connectivity index (χ4n) is 3.92. The summed E-state index contributed by atoms with van der Waals surface area (Å²) < 4.78 is 11.9. The van der Waals surface area contributed by atoms with Gasteiger partial charge in [0, 0.05) is 30.7 Å². The molecule has 4 rings (SSSR count). The number of likely N-dealkylation sites (tertiary alicyclic amines) is 1. The fraction of sp³-hybridized carbons (Fsp3) is 0.333. The minimum atomic E-state index is 0.00980. The molecule has 2 heterocycles. The number of thioether (sulfide) groups is 1. The van der Waals surface area contributed by atoms with Crippen LogP contribution in [0.3, 0.4) is 0 Å². The standard InChI is InChI=1S/C27H31N3O3S/c1-2-32-24-10-3-4-11-25(24)33-23-13-16-30(17-14-23)19-26(31)29-22-9-7-8-21(18-22)20-34-27-12-5-6-15-28-27/h3-12,15,18,23H,2,13-14,16-17,19-20H2,1H3,(H,29,31). The molecule has 0 radical (unpaired) electrons. The average molecular weight is 478 g/mol. The highest BCUT2D eigenvalue weighted by Gasteiger charge is 2.23. The molecular weight excluding hydrogens is 446 g/mol. The van der Waals surface area contributed by atoms with Gasteiger partial charge in [-0.05, 0) is 61.7 Å². The highest BCUT2D eigenvalue weighted by molar-refractivity contribution is 7.98. The highest BCUT2D eigenvalue weighted by Crippen LogP contribution is 2.29. The number of aromatic nitrogens is 1. The maximum absolute atomic E-state index is 12.6. The van der Waals surface area contributed by atoms with Gasteiger partial charge in [-0.25, -0.2) is 4.98 Å². The number of carbonyl (C=O) groups excluding carboxylic acids is 1. The number of ether oxygens (including phenoxy) is 2. The molecule has 6 nitrogen and oxygen atoms in total. The molecule has 34 heavy (non-hydrogen) atoms. The Bertz CT molecular complexity index is 1060. The number of piperidine rings is 1. The second-order valence-corrected chi connectivity index (χ2v) is 9.17. The van der Waals surface area contributed by atoms with E-state index in [-0.39, 0.29) is 12.0 Å². The predicted molar refractivity (Wildman–Crippen MR) is 137 cm³/mol. The minimum Gasteiger partial charge on any atom is -0.490 e. The maximum atomic E-state index is 12.6. The number of benzene rings is 2. The largest absolute Gasteiger partial charge is 0.490 e. The fourth-order valence-corrected chi connectivity index (χ4v) is 4.72. The summed E-state index contributed by atoms with van der Waals surface area (Å²) in [6, 6.07) is 21.7. The number of nitrogens with one attached hydrogen (secondary N) is 1. The Kier molecular flexibility index (Phi) is 8.82. The van der Waals surface area contributed by atoms with E-state index in [1.807, 2.05) is 67.6 Å². The maximum Gasteiger partial charge on any atom is 0.238 e. The lowest BCUT2D eigenvalue weighted by molar-refractivity contribution is -0.117. The summed E-state index contributed by atoms with van der Waals surface area (Å²) in [5.74, 6) is 2.39. The summed E-state index contributed by atoms with van der Waals surface area (Å²) >= 11 is 1.68. The van der Waals surface area contributed by atoms with Crippen LogP contribution in [0.15, 0.2) is 78.0 Å². The van der Waals surface area contributed by atoms with E-state index in [0.717, 1.165) is 59.5 Å². The summed E-state index contributed by atoms with van der Waals surface area (Å²) in [4.78, 5) is 19.2. The van der Waals surface area contributed by atoms with Crippen LogP contribution in [-0.4, -0.2) is 48.1 Å². The van der Waals surface area contributed by atoms with Crippen LogP contribution in [0.2, 0.25) is 0 Å².